The molecule has 2 rings (SSSR count). The number of hydrogen-bond acceptors (Lipinski definition) is 1. The lowest BCUT2D eigenvalue weighted by Crippen LogP contribution is -2.57. The minimum atomic E-state index is -0.320. The van der Waals surface area contributed by atoms with Crippen LogP contribution in [-0.4, -0.2) is 5.91 Å². The number of benzene rings is 1. The SMILES string of the molecule is CCC1(c2cccc(F)c2)CC(=O)N1. The van der Waals surface area contributed by atoms with Gasteiger partial charge in [0.2, 0.25) is 5.91 Å². The highest BCUT2D eigenvalue weighted by molar-refractivity contribution is 5.85. The van der Waals surface area contributed by atoms with Crippen LogP contribution in [0, 0.1) is 5.82 Å². The predicted octanol–water partition coefficient (Wildman–Crippen LogP) is 1.95. The van der Waals surface area contributed by atoms with E-state index >= 15 is 0 Å². The first kappa shape index (κ1) is 9.19. The van der Waals surface area contributed by atoms with Gasteiger partial charge >= 0.3 is 0 Å². The standard InChI is InChI=1S/C11H12FNO/c1-2-11(7-10(14)13-11)8-4-3-5-9(12)6-8/h3-6H,2,7H2,1H3,(H,13,14). The number of carbonyl (C=O) groups excluding carboxylic acids is 1. The van der Waals surface area contributed by atoms with Gasteiger partial charge in [0.1, 0.15) is 5.82 Å². The Morgan fingerprint density at radius 1 is 1.57 bits per heavy atom. The Morgan fingerprint density at radius 2 is 2.29 bits per heavy atom. The van der Waals surface area contributed by atoms with Crippen molar-refractivity contribution >= 4 is 5.91 Å². The molecule has 74 valence electrons. The molecule has 1 fully saturated rings. The molecule has 0 saturated carbocycles. The molecule has 0 radical (unpaired) electrons. The summed E-state index contributed by atoms with van der Waals surface area (Å²) >= 11 is 0. The third kappa shape index (κ3) is 1.29. The molecule has 1 aromatic carbocycles. The molecule has 1 aliphatic rings. The normalized spacial score (nSPS) is 25.4. The first-order chi connectivity index (χ1) is 6.66. The molecule has 1 unspecified atom stereocenters. The van der Waals surface area contributed by atoms with Crippen molar-refractivity contribution in [2.75, 3.05) is 0 Å². The lowest BCUT2D eigenvalue weighted by atomic mass is 9.78. The molecule has 1 amide bonds. The van der Waals surface area contributed by atoms with Gasteiger partial charge in [-0.15, -0.1) is 0 Å². The predicted molar refractivity (Wildman–Crippen MR) is 51.1 cm³/mol. The van der Waals surface area contributed by atoms with Crippen molar-refractivity contribution in [3.05, 3.63) is 35.6 Å². The zero-order valence-electron chi connectivity index (χ0n) is 8.01. The molecular formula is C11H12FNO. The fourth-order valence-electron chi connectivity index (χ4n) is 1.90. The Bertz CT molecular complexity index is 367. The fraction of sp³-hybridized carbons (Fsp3) is 0.364. The molecule has 1 heterocycles. The van der Waals surface area contributed by atoms with Gasteiger partial charge < -0.3 is 5.32 Å². The molecule has 1 atom stereocenters. The van der Waals surface area contributed by atoms with Crippen LogP contribution < -0.4 is 5.32 Å². The van der Waals surface area contributed by atoms with Crippen molar-refractivity contribution in [3.8, 4) is 0 Å². The molecule has 0 aromatic heterocycles. The van der Waals surface area contributed by atoms with E-state index in [2.05, 4.69) is 5.32 Å². The Morgan fingerprint density at radius 3 is 2.79 bits per heavy atom. The molecule has 0 bridgehead atoms. The zero-order valence-corrected chi connectivity index (χ0v) is 8.01. The summed E-state index contributed by atoms with van der Waals surface area (Å²) in [6.07, 6.45) is 1.26. The second-order valence-electron chi connectivity index (χ2n) is 3.67. The summed E-state index contributed by atoms with van der Waals surface area (Å²) in [4.78, 5) is 10.9. The maximum Gasteiger partial charge on any atom is 0.223 e. The van der Waals surface area contributed by atoms with Crippen molar-refractivity contribution < 1.29 is 9.18 Å². The largest absolute Gasteiger partial charge is 0.346 e. The Labute approximate surface area is 82.1 Å². The smallest absolute Gasteiger partial charge is 0.223 e. The molecule has 14 heavy (non-hydrogen) atoms. The summed E-state index contributed by atoms with van der Waals surface area (Å²) in [5.74, 6) is -0.215. The van der Waals surface area contributed by atoms with E-state index in [4.69, 9.17) is 0 Å². The molecule has 1 saturated heterocycles. The van der Waals surface area contributed by atoms with Gasteiger partial charge in [-0.05, 0) is 24.1 Å². The minimum Gasteiger partial charge on any atom is -0.346 e. The van der Waals surface area contributed by atoms with Crippen LogP contribution >= 0.6 is 0 Å². The lowest BCUT2D eigenvalue weighted by Gasteiger charge is -2.42. The van der Waals surface area contributed by atoms with E-state index in [1.807, 2.05) is 13.0 Å². The summed E-state index contributed by atoms with van der Waals surface area (Å²) in [5.41, 5.74) is 0.540. The van der Waals surface area contributed by atoms with Crippen molar-refractivity contribution in [2.24, 2.45) is 0 Å². The lowest BCUT2D eigenvalue weighted by molar-refractivity contribution is -0.133. The zero-order chi connectivity index (χ0) is 10.2. The van der Waals surface area contributed by atoms with Crippen molar-refractivity contribution in [1.29, 1.82) is 0 Å². The second-order valence-corrected chi connectivity index (χ2v) is 3.67. The Balaban J connectivity index is 2.33. The molecule has 2 nitrogen and oxygen atoms in total. The van der Waals surface area contributed by atoms with Gasteiger partial charge in [-0.1, -0.05) is 19.1 Å². The Kier molecular flexibility index (Phi) is 2.02. The van der Waals surface area contributed by atoms with E-state index in [0.717, 1.165) is 12.0 Å². The number of hydrogen-bond donors (Lipinski definition) is 1. The molecule has 3 heteroatoms. The Hall–Kier alpha value is -1.38. The van der Waals surface area contributed by atoms with Gasteiger partial charge in [0.15, 0.2) is 0 Å². The van der Waals surface area contributed by atoms with Crippen LogP contribution in [0.15, 0.2) is 24.3 Å². The van der Waals surface area contributed by atoms with E-state index in [9.17, 15) is 9.18 Å². The van der Waals surface area contributed by atoms with Gasteiger partial charge in [-0.25, -0.2) is 4.39 Å². The first-order valence-corrected chi connectivity index (χ1v) is 4.73. The summed E-state index contributed by atoms with van der Waals surface area (Å²) < 4.78 is 13.0. The number of amides is 1. The number of β-lactam (4-membered cyclic amide) rings is 1. The number of carbonyl (C=O) groups is 1. The highest BCUT2D eigenvalue weighted by Gasteiger charge is 2.42. The average Bonchev–Trinajstić information content (AvgIpc) is 2.12. The van der Waals surface area contributed by atoms with Crippen LogP contribution in [0.5, 0.6) is 0 Å². The molecule has 0 spiro atoms. The van der Waals surface area contributed by atoms with Crippen LogP contribution in [0.3, 0.4) is 0 Å². The van der Waals surface area contributed by atoms with E-state index in [0.29, 0.717) is 6.42 Å². The molecule has 1 N–H and O–H groups in total. The van der Waals surface area contributed by atoms with E-state index < -0.39 is 0 Å². The van der Waals surface area contributed by atoms with Gasteiger partial charge in [-0.2, -0.15) is 0 Å². The van der Waals surface area contributed by atoms with Crippen LogP contribution in [0.4, 0.5) is 4.39 Å². The number of halogens is 1. The quantitative estimate of drug-likeness (QED) is 0.714. The van der Waals surface area contributed by atoms with Crippen molar-refractivity contribution in [2.45, 2.75) is 25.3 Å². The van der Waals surface area contributed by atoms with Gasteiger partial charge in [0.25, 0.3) is 0 Å². The van der Waals surface area contributed by atoms with E-state index in [1.54, 1.807) is 6.07 Å². The van der Waals surface area contributed by atoms with Crippen molar-refractivity contribution in [3.63, 3.8) is 0 Å². The fourth-order valence-corrected chi connectivity index (χ4v) is 1.90. The average molecular weight is 193 g/mol. The summed E-state index contributed by atoms with van der Waals surface area (Å²) in [6.45, 7) is 1.99. The van der Waals surface area contributed by atoms with Crippen LogP contribution in [0.2, 0.25) is 0 Å². The van der Waals surface area contributed by atoms with Crippen molar-refractivity contribution in [1.82, 2.24) is 5.32 Å². The van der Waals surface area contributed by atoms with E-state index in [1.165, 1.54) is 12.1 Å². The third-order valence-electron chi connectivity index (χ3n) is 2.82. The molecule has 0 aliphatic carbocycles. The van der Waals surface area contributed by atoms with Gasteiger partial charge in [0, 0.05) is 0 Å². The monoisotopic (exact) mass is 193 g/mol. The first-order valence-electron chi connectivity index (χ1n) is 4.73. The second kappa shape index (κ2) is 3.08. The highest BCUT2D eigenvalue weighted by atomic mass is 19.1. The number of nitrogens with one attached hydrogen (secondary N) is 1. The third-order valence-corrected chi connectivity index (χ3v) is 2.82. The minimum absolute atomic E-state index is 0.0381. The highest BCUT2D eigenvalue weighted by Crippen LogP contribution is 2.35. The van der Waals surface area contributed by atoms with Gasteiger partial charge in [0.05, 0.1) is 12.0 Å². The maximum atomic E-state index is 13.0. The molecular weight excluding hydrogens is 181 g/mol. The molecule has 1 aromatic rings. The summed E-state index contributed by atoms with van der Waals surface area (Å²) in [6, 6.07) is 6.43. The summed E-state index contributed by atoms with van der Waals surface area (Å²) in [5, 5.41) is 2.84. The molecule has 1 aliphatic heterocycles. The van der Waals surface area contributed by atoms with E-state index in [-0.39, 0.29) is 17.3 Å². The van der Waals surface area contributed by atoms with Crippen LogP contribution in [-0.2, 0) is 10.3 Å². The van der Waals surface area contributed by atoms with Crippen LogP contribution in [0.1, 0.15) is 25.3 Å². The number of rotatable bonds is 2. The van der Waals surface area contributed by atoms with Gasteiger partial charge in [-0.3, -0.25) is 4.79 Å². The summed E-state index contributed by atoms with van der Waals surface area (Å²) in [7, 11) is 0. The topological polar surface area (TPSA) is 29.1 Å². The maximum absolute atomic E-state index is 13.0. The van der Waals surface area contributed by atoms with Crippen LogP contribution in [0.25, 0.3) is 0 Å².